The molecule has 1 aromatic heterocycles. The summed E-state index contributed by atoms with van der Waals surface area (Å²) in [5.74, 6) is 1.11. The molecule has 1 saturated heterocycles. The Morgan fingerprint density at radius 3 is 2.37 bits per heavy atom. The molecule has 1 aliphatic heterocycles. The molecule has 0 spiro atoms. The second kappa shape index (κ2) is 5.82. The van der Waals surface area contributed by atoms with Gasteiger partial charge in [-0.25, -0.2) is 4.68 Å². The lowest BCUT2D eigenvalue weighted by Gasteiger charge is -2.39. The molecule has 2 rings (SSSR count). The van der Waals surface area contributed by atoms with Crippen LogP contribution in [-0.4, -0.2) is 46.9 Å². The number of anilines is 2. The van der Waals surface area contributed by atoms with Gasteiger partial charge in [0.1, 0.15) is 0 Å². The molecule has 5 nitrogen and oxygen atoms in total. The molecular formula is C14H27N5. The first-order valence-corrected chi connectivity index (χ1v) is 7.40. The van der Waals surface area contributed by atoms with Gasteiger partial charge in [-0.3, -0.25) is 4.90 Å². The van der Waals surface area contributed by atoms with Gasteiger partial charge in [0.25, 0.3) is 0 Å². The van der Waals surface area contributed by atoms with E-state index in [2.05, 4.69) is 35.7 Å². The Kier molecular flexibility index (Phi) is 4.34. The third-order valence-corrected chi connectivity index (χ3v) is 4.27. The normalized spacial score (nSPS) is 18.8. The lowest BCUT2D eigenvalue weighted by atomic mass is 10.2. The van der Waals surface area contributed by atoms with Gasteiger partial charge >= 0.3 is 0 Å². The molecule has 5 heteroatoms. The van der Waals surface area contributed by atoms with E-state index in [0.29, 0.717) is 6.04 Å². The van der Waals surface area contributed by atoms with Gasteiger partial charge in [0.15, 0.2) is 5.82 Å². The predicted octanol–water partition coefficient (Wildman–Crippen LogP) is 1.71. The number of nitrogens with zero attached hydrogens (tertiary/aromatic N) is 4. The van der Waals surface area contributed by atoms with Gasteiger partial charge in [-0.05, 0) is 27.2 Å². The van der Waals surface area contributed by atoms with Crippen molar-refractivity contribution >= 4 is 11.5 Å². The molecule has 1 fully saturated rings. The van der Waals surface area contributed by atoms with E-state index in [1.54, 1.807) is 0 Å². The molecule has 108 valence electrons. The fraction of sp³-hybridized carbons (Fsp3) is 0.786. The molecular weight excluding hydrogens is 238 g/mol. The second-order valence-corrected chi connectivity index (χ2v) is 5.42. The lowest BCUT2D eigenvalue weighted by Crippen LogP contribution is -2.50. The molecule has 1 unspecified atom stereocenters. The number of nitrogens with two attached hydrogens (primary N) is 1. The van der Waals surface area contributed by atoms with Crippen molar-refractivity contribution in [1.82, 2.24) is 14.7 Å². The second-order valence-electron chi connectivity index (χ2n) is 5.42. The maximum atomic E-state index is 6.19. The topological polar surface area (TPSA) is 50.3 Å². The van der Waals surface area contributed by atoms with Crippen LogP contribution in [0.2, 0.25) is 0 Å². The minimum Gasteiger partial charge on any atom is -0.394 e. The van der Waals surface area contributed by atoms with Crippen LogP contribution in [0.15, 0.2) is 0 Å². The maximum Gasteiger partial charge on any atom is 0.150 e. The highest BCUT2D eigenvalue weighted by Gasteiger charge is 2.24. The van der Waals surface area contributed by atoms with Crippen LogP contribution in [0.25, 0.3) is 0 Å². The zero-order valence-electron chi connectivity index (χ0n) is 12.7. The fourth-order valence-corrected chi connectivity index (χ4v) is 2.77. The zero-order chi connectivity index (χ0) is 14.0. The monoisotopic (exact) mass is 265 g/mol. The number of hydrogen-bond acceptors (Lipinski definition) is 4. The van der Waals surface area contributed by atoms with Gasteiger partial charge in [-0.2, -0.15) is 5.10 Å². The summed E-state index contributed by atoms with van der Waals surface area (Å²) < 4.78 is 2.03. The van der Waals surface area contributed by atoms with Crippen LogP contribution < -0.4 is 10.6 Å². The number of piperazine rings is 1. The van der Waals surface area contributed by atoms with Crippen LogP contribution >= 0.6 is 0 Å². The van der Waals surface area contributed by atoms with E-state index in [1.165, 1.54) is 6.42 Å². The van der Waals surface area contributed by atoms with Crippen LogP contribution in [0.3, 0.4) is 0 Å². The SMILES string of the molecule is CCC(C)N1CCN(c2c(N)c(C)nn2CC)CC1. The van der Waals surface area contributed by atoms with Gasteiger partial charge in [0.2, 0.25) is 0 Å². The molecule has 1 aromatic rings. The van der Waals surface area contributed by atoms with E-state index in [4.69, 9.17) is 5.73 Å². The van der Waals surface area contributed by atoms with Crippen molar-refractivity contribution in [3.05, 3.63) is 5.69 Å². The van der Waals surface area contributed by atoms with E-state index >= 15 is 0 Å². The lowest BCUT2D eigenvalue weighted by molar-refractivity contribution is 0.192. The molecule has 0 amide bonds. The van der Waals surface area contributed by atoms with E-state index in [-0.39, 0.29) is 0 Å². The molecule has 0 radical (unpaired) electrons. The molecule has 2 heterocycles. The fourth-order valence-electron chi connectivity index (χ4n) is 2.77. The van der Waals surface area contributed by atoms with Crippen molar-refractivity contribution in [3.8, 4) is 0 Å². The summed E-state index contributed by atoms with van der Waals surface area (Å²) in [5.41, 5.74) is 7.98. The van der Waals surface area contributed by atoms with Crippen LogP contribution in [-0.2, 0) is 6.54 Å². The van der Waals surface area contributed by atoms with Gasteiger partial charge in [0, 0.05) is 38.8 Å². The average Bonchev–Trinajstić information content (AvgIpc) is 2.73. The van der Waals surface area contributed by atoms with E-state index in [0.717, 1.165) is 49.9 Å². The Morgan fingerprint density at radius 2 is 1.84 bits per heavy atom. The smallest absolute Gasteiger partial charge is 0.150 e. The Balaban J connectivity index is 2.09. The number of hydrogen-bond donors (Lipinski definition) is 1. The van der Waals surface area contributed by atoms with Crippen LogP contribution in [0, 0.1) is 6.92 Å². The zero-order valence-corrected chi connectivity index (χ0v) is 12.7. The molecule has 0 aromatic carbocycles. The summed E-state index contributed by atoms with van der Waals surface area (Å²) >= 11 is 0. The summed E-state index contributed by atoms with van der Waals surface area (Å²) in [7, 11) is 0. The largest absolute Gasteiger partial charge is 0.394 e. The van der Waals surface area contributed by atoms with Crippen molar-refractivity contribution in [2.45, 2.75) is 46.7 Å². The Labute approximate surface area is 116 Å². The Hall–Kier alpha value is -1.23. The first kappa shape index (κ1) is 14.2. The van der Waals surface area contributed by atoms with Gasteiger partial charge in [-0.1, -0.05) is 6.92 Å². The van der Waals surface area contributed by atoms with Crippen LogP contribution in [0.4, 0.5) is 11.5 Å². The average molecular weight is 265 g/mol. The van der Waals surface area contributed by atoms with E-state index in [1.807, 2.05) is 11.6 Å². The summed E-state index contributed by atoms with van der Waals surface area (Å²) in [4.78, 5) is 4.95. The summed E-state index contributed by atoms with van der Waals surface area (Å²) in [6.07, 6.45) is 1.22. The molecule has 0 saturated carbocycles. The molecule has 0 aliphatic carbocycles. The van der Waals surface area contributed by atoms with E-state index in [9.17, 15) is 0 Å². The minimum atomic E-state index is 0.678. The highest BCUT2D eigenvalue weighted by molar-refractivity contribution is 5.66. The number of aromatic nitrogens is 2. The highest BCUT2D eigenvalue weighted by atomic mass is 15.4. The number of aryl methyl sites for hydroxylation is 2. The Bertz CT molecular complexity index is 418. The standard InChI is InChI=1S/C14H27N5/c1-5-11(3)17-7-9-18(10-8-17)14-13(15)12(4)16-19(14)6-2/h11H,5-10,15H2,1-4H3. The third kappa shape index (κ3) is 2.71. The van der Waals surface area contributed by atoms with Crippen LogP contribution in [0.5, 0.6) is 0 Å². The van der Waals surface area contributed by atoms with Crippen molar-refractivity contribution in [2.24, 2.45) is 0 Å². The van der Waals surface area contributed by atoms with Gasteiger partial charge < -0.3 is 10.6 Å². The highest BCUT2D eigenvalue weighted by Crippen LogP contribution is 2.27. The minimum absolute atomic E-state index is 0.678. The molecule has 0 bridgehead atoms. The summed E-state index contributed by atoms with van der Waals surface area (Å²) in [6, 6.07) is 0.678. The molecule has 19 heavy (non-hydrogen) atoms. The number of nitrogen functional groups attached to an aromatic ring is 1. The van der Waals surface area contributed by atoms with Crippen molar-refractivity contribution in [2.75, 3.05) is 36.8 Å². The van der Waals surface area contributed by atoms with Crippen molar-refractivity contribution in [1.29, 1.82) is 0 Å². The maximum absolute atomic E-state index is 6.19. The first-order valence-electron chi connectivity index (χ1n) is 7.40. The number of rotatable bonds is 4. The van der Waals surface area contributed by atoms with Gasteiger partial charge in [-0.15, -0.1) is 0 Å². The summed E-state index contributed by atoms with van der Waals surface area (Å²) in [6.45, 7) is 13.9. The molecule has 1 aliphatic rings. The molecule has 2 N–H and O–H groups in total. The predicted molar refractivity (Wildman–Crippen MR) is 80.6 cm³/mol. The molecule has 1 atom stereocenters. The quantitative estimate of drug-likeness (QED) is 0.900. The Morgan fingerprint density at radius 1 is 1.21 bits per heavy atom. The van der Waals surface area contributed by atoms with Crippen molar-refractivity contribution < 1.29 is 0 Å². The summed E-state index contributed by atoms with van der Waals surface area (Å²) in [5, 5.41) is 4.51. The van der Waals surface area contributed by atoms with Crippen LogP contribution in [0.1, 0.15) is 32.9 Å². The van der Waals surface area contributed by atoms with Crippen molar-refractivity contribution in [3.63, 3.8) is 0 Å². The first-order chi connectivity index (χ1) is 9.08. The third-order valence-electron chi connectivity index (χ3n) is 4.27. The van der Waals surface area contributed by atoms with E-state index < -0.39 is 0 Å². The van der Waals surface area contributed by atoms with Gasteiger partial charge in [0.05, 0.1) is 11.4 Å².